The second-order valence-electron chi connectivity index (χ2n) is 3.73. The summed E-state index contributed by atoms with van der Waals surface area (Å²) in [6, 6.07) is 0. The molecule has 0 N–H and O–H groups in total. The van der Waals surface area contributed by atoms with Crippen LogP contribution >= 0.6 is 0 Å². The van der Waals surface area contributed by atoms with Crippen LogP contribution in [-0.4, -0.2) is 68.0 Å². The molecule has 0 aromatic heterocycles. The van der Waals surface area contributed by atoms with Gasteiger partial charge < -0.3 is 15.2 Å². The summed E-state index contributed by atoms with van der Waals surface area (Å²) in [5, 5.41) is 9.56. The molecule has 0 aromatic carbocycles. The van der Waals surface area contributed by atoms with Crippen LogP contribution < -0.4 is 0 Å². The fraction of sp³-hybridized carbons (Fsp3) is 0.700. The lowest BCUT2D eigenvalue weighted by molar-refractivity contribution is 0.463. The number of hydrogen-bond acceptors (Lipinski definition) is 1. The van der Waals surface area contributed by atoms with Gasteiger partial charge in [0.15, 0.2) is 0 Å². The van der Waals surface area contributed by atoms with Crippen molar-refractivity contribution < 1.29 is 0 Å². The SMILES string of the molecule is CN(C)CC#CCN1CCN(C)C1=[N-]. The second kappa shape index (κ2) is 4.87. The minimum absolute atomic E-state index is 0.337. The monoisotopic (exact) mass is 193 g/mol. The zero-order chi connectivity index (χ0) is 10.6. The molecule has 0 aromatic rings. The quantitative estimate of drug-likeness (QED) is 0.566. The van der Waals surface area contributed by atoms with Crippen molar-refractivity contribution in [3.8, 4) is 11.8 Å². The van der Waals surface area contributed by atoms with Gasteiger partial charge in [-0.3, -0.25) is 4.90 Å². The van der Waals surface area contributed by atoms with Crippen molar-refractivity contribution in [2.24, 2.45) is 0 Å². The Labute approximate surface area is 86.0 Å². The molecule has 0 unspecified atom stereocenters. The zero-order valence-corrected chi connectivity index (χ0v) is 9.12. The molecule has 4 heteroatoms. The Bertz CT molecular complexity index is 261. The summed E-state index contributed by atoms with van der Waals surface area (Å²) >= 11 is 0. The Kier molecular flexibility index (Phi) is 3.78. The van der Waals surface area contributed by atoms with Crippen LogP contribution in [0.15, 0.2) is 0 Å². The molecule has 1 rings (SSSR count). The largest absolute Gasteiger partial charge is 0.429 e. The number of guanidine groups is 1. The molecule has 0 atom stereocenters. The molecule has 0 saturated carbocycles. The number of likely N-dealkylation sites (N-methyl/N-ethyl adjacent to an activating group) is 1. The molecule has 1 saturated heterocycles. The molecule has 1 fully saturated rings. The molecule has 0 amide bonds. The standard InChI is InChI=1S/C10H17N4/c1-12(2)6-4-5-7-14-9-8-13(3)10(14)11/h6-9H2,1-3H3/q-1. The summed E-state index contributed by atoms with van der Waals surface area (Å²) in [6.07, 6.45) is 0. The van der Waals surface area contributed by atoms with Gasteiger partial charge in [-0.25, -0.2) is 0 Å². The van der Waals surface area contributed by atoms with E-state index in [2.05, 4.69) is 11.8 Å². The van der Waals surface area contributed by atoms with Gasteiger partial charge in [0.05, 0.1) is 6.54 Å². The number of rotatable bonds is 2. The molecular formula is C10H17N4-. The van der Waals surface area contributed by atoms with E-state index in [-0.39, 0.29) is 0 Å². The first-order chi connectivity index (χ1) is 6.61. The lowest BCUT2D eigenvalue weighted by Crippen LogP contribution is -2.30. The van der Waals surface area contributed by atoms with Gasteiger partial charge in [-0.1, -0.05) is 11.8 Å². The highest BCUT2D eigenvalue weighted by molar-refractivity contribution is 5.84. The Morgan fingerprint density at radius 1 is 1.36 bits per heavy atom. The van der Waals surface area contributed by atoms with Gasteiger partial charge in [-0.15, -0.1) is 0 Å². The summed E-state index contributed by atoms with van der Waals surface area (Å²) in [5.74, 6) is 6.41. The molecule has 0 bridgehead atoms. The van der Waals surface area contributed by atoms with Crippen molar-refractivity contribution >= 4 is 5.96 Å². The molecule has 14 heavy (non-hydrogen) atoms. The Hall–Kier alpha value is -1.21. The van der Waals surface area contributed by atoms with E-state index in [1.54, 1.807) is 0 Å². The van der Waals surface area contributed by atoms with Gasteiger partial charge in [0.25, 0.3) is 0 Å². The van der Waals surface area contributed by atoms with E-state index in [4.69, 9.17) is 0 Å². The van der Waals surface area contributed by atoms with E-state index < -0.39 is 0 Å². The lowest BCUT2D eigenvalue weighted by atomic mass is 10.5. The maximum Gasteiger partial charge on any atom is 0.0596 e. The maximum atomic E-state index is 9.56. The van der Waals surface area contributed by atoms with Gasteiger partial charge in [-0.05, 0) is 34.2 Å². The highest BCUT2D eigenvalue weighted by atomic mass is 15.4. The average molecular weight is 193 g/mol. The van der Waals surface area contributed by atoms with Crippen LogP contribution in [0, 0.1) is 11.8 Å². The fourth-order valence-corrected chi connectivity index (χ4v) is 1.23. The van der Waals surface area contributed by atoms with Crippen LogP contribution in [0.3, 0.4) is 0 Å². The lowest BCUT2D eigenvalue weighted by Gasteiger charge is -2.25. The van der Waals surface area contributed by atoms with E-state index >= 15 is 0 Å². The van der Waals surface area contributed by atoms with Crippen LogP contribution in [0.5, 0.6) is 0 Å². The molecule has 0 aliphatic carbocycles. The average Bonchev–Trinajstić information content (AvgIpc) is 2.43. The summed E-state index contributed by atoms with van der Waals surface area (Å²) in [5.41, 5.74) is 0. The smallest absolute Gasteiger partial charge is 0.0596 e. The van der Waals surface area contributed by atoms with Crippen molar-refractivity contribution in [3.63, 3.8) is 0 Å². The van der Waals surface area contributed by atoms with E-state index in [0.717, 1.165) is 19.6 Å². The highest BCUT2D eigenvalue weighted by Gasteiger charge is 2.10. The molecule has 78 valence electrons. The summed E-state index contributed by atoms with van der Waals surface area (Å²) in [7, 11) is 5.85. The van der Waals surface area contributed by atoms with Gasteiger partial charge in [0, 0.05) is 12.5 Å². The zero-order valence-electron chi connectivity index (χ0n) is 9.12. The molecule has 1 heterocycles. The number of hydrogen-bond donors (Lipinski definition) is 0. The first-order valence-corrected chi connectivity index (χ1v) is 4.73. The van der Waals surface area contributed by atoms with Crippen LogP contribution in [0.2, 0.25) is 0 Å². The third-order valence-corrected chi connectivity index (χ3v) is 2.12. The minimum Gasteiger partial charge on any atom is -0.429 e. The van der Waals surface area contributed by atoms with Crippen LogP contribution in [-0.2, 0) is 0 Å². The Morgan fingerprint density at radius 2 is 2.07 bits per heavy atom. The first-order valence-electron chi connectivity index (χ1n) is 4.73. The van der Waals surface area contributed by atoms with Gasteiger partial charge in [0.2, 0.25) is 0 Å². The van der Waals surface area contributed by atoms with Crippen LogP contribution in [0.1, 0.15) is 0 Å². The Morgan fingerprint density at radius 3 is 2.57 bits per heavy atom. The maximum absolute atomic E-state index is 9.56. The molecular weight excluding hydrogens is 176 g/mol. The van der Waals surface area contributed by atoms with E-state index in [9.17, 15) is 5.41 Å². The van der Waals surface area contributed by atoms with Crippen LogP contribution in [0.25, 0.3) is 5.41 Å². The third-order valence-electron chi connectivity index (χ3n) is 2.12. The summed E-state index contributed by atoms with van der Waals surface area (Å²) < 4.78 is 0. The van der Waals surface area contributed by atoms with Crippen molar-refractivity contribution in [2.75, 3.05) is 47.3 Å². The normalized spacial score (nSPS) is 16.1. The molecule has 1 aliphatic heterocycles. The van der Waals surface area contributed by atoms with Gasteiger partial charge in [-0.2, -0.15) is 0 Å². The minimum atomic E-state index is 0.337. The third kappa shape index (κ3) is 2.93. The summed E-state index contributed by atoms with van der Waals surface area (Å²) in [6.45, 7) is 3.12. The van der Waals surface area contributed by atoms with E-state index in [0.29, 0.717) is 12.5 Å². The first kappa shape index (κ1) is 10.9. The second-order valence-corrected chi connectivity index (χ2v) is 3.73. The fourth-order valence-electron chi connectivity index (χ4n) is 1.23. The van der Waals surface area contributed by atoms with Crippen molar-refractivity contribution in [3.05, 3.63) is 5.41 Å². The van der Waals surface area contributed by atoms with Crippen molar-refractivity contribution in [2.45, 2.75) is 0 Å². The molecule has 0 spiro atoms. The highest BCUT2D eigenvalue weighted by Crippen LogP contribution is 2.03. The van der Waals surface area contributed by atoms with Crippen molar-refractivity contribution in [1.29, 1.82) is 0 Å². The predicted molar refractivity (Wildman–Crippen MR) is 58.9 cm³/mol. The molecule has 4 nitrogen and oxygen atoms in total. The molecule has 0 radical (unpaired) electrons. The van der Waals surface area contributed by atoms with Gasteiger partial charge in [0.1, 0.15) is 0 Å². The number of nitrogens with zero attached hydrogens (tertiary/aromatic N) is 4. The molecule has 1 aliphatic rings. The summed E-state index contributed by atoms with van der Waals surface area (Å²) in [4.78, 5) is 5.73. The van der Waals surface area contributed by atoms with Gasteiger partial charge >= 0.3 is 0 Å². The van der Waals surface area contributed by atoms with Crippen LogP contribution in [0.4, 0.5) is 0 Å². The van der Waals surface area contributed by atoms with E-state index in [1.807, 2.05) is 35.8 Å². The van der Waals surface area contributed by atoms with E-state index in [1.165, 1.54) is 0 Å². The topological polar surface area (TPSA) is 32.0 Å². The predicted octanol–water partition coefficient (Wildman–Crippen LogP) is -0.276. The van der Waals surface area contributed by atoms with Crippen molar-refractivity contribution in [1.82, 2.24) is 14.7 Å². The Balaban J connectivity index is 2.31.